The normalized spacial score (nSPS) is 10.4. The summed E-state index contributed by atoms with van der Waals surface area (Å²) in [5, 5.41) is 0. The molecular weight excluding hydrogens is 266 g/mol. The molecule has 2 N–H and O–H groups in total. The molecular formula is C11H15N5O2S. The first kappa shape index (κ1) is 13.5. The molecule has 0 aliphatic heterocycles. The Bertz CT molecular complexity index is 546. The van der Waals surface area contributed by atoms with Gasteiger partial charge in [0.25, 0.3) is 0 Å². The zero-order chi connectivity index (χ0) is 13.7. The average molecular weight is 281 g/mol. The molecule has 0 aromatic carbocycles. The lowest BCUT2D eigenvalue weighted by atomic mass is 10.3. The van der Waals surface area contributed by atoms with Crippen molar-refractivity contribution in [3.63, 3.8) is 0 Å². The molecule has 0 unspecified atom stereocenters. The first-order valence-corrected chi connectivity index (χ1v) is 6.73. The molecule has 19 heavy (non-hydrogen) atoms. The van der Waals surface area contributed by atoms with Gasteiger partial charge in [-0.3, -0.25) is 0 Å². The number of aryl methyl sites for hydroxylation is 1. The summed E-state index contributed by atoms with van der Waals surface area (Å²) >= 11 is 1.61. The van der Waals surface area contributed by atoms with Crippen molar-refractivity contribution in [2.24, 2.45) is 0 Å². The van der Waals surface area contributed by atoms with Crippen molar-refractivity contribution in [2.45, 2.75) is 20.3 Å². The molecule has 0 saturated carbocycles. The fourth-order valence-corrected chi connectivity index (χ4v) is 2.17. The Morgan fingerprint density at radius 3 is 2.58 bits per heavy atom. The second-order valence-corrected chi connectivity index (χ2v) is 4.59. The summed E-state index contributed by atoms with van der Waals surface area (Å²) in [5.41, 5.74) is 8.39. The highest BCUT2D eigenvalue weighted by molar-refractivity contribution is 7.09. The third-order valence-corrected chi connectivity index (χ3v) is 3.29. The Kier molecular flexibility index (Phi) is 4.45. The molecule has 0 saturated heterocycles. The monoisotopic (exact) mass is 281 g/mol. The molecule has 102 valence electrons. The largest absolute Gasteiger partial charge is 0.464 e. The first-order chi connectivity index (χ1) is 9.19. The van der Waals surface area contributed by atoms with Gasteiger partial charge in [0.05, 0.1) is 24.4 Å². The summed E-state index contributed by atoms with van der Waals surface area (Å²) < 4.78 is 10.6. The number of rotatable bonds is 6. The Labute approximate surface area is 114 Å². The number of nitrogen functional groups attached to an aromatic ring is 1. The van der Waals surface area contributed by atoms with Gasteiger partial charge in [-0.05, 0) is 13.8 Å². The predicted octanol–water partition coefficient (Wildman–Crippen LogP) is 1.24. The Hall–Kier alpha value is -1.96. The van der Waals surface area contributed by atoms with E-state index in [2.05, 4.69) is 19.9 Å². The molecule has 2 aromatic rings. The van der Waals surface area contributed by atoms with E-state index in [0.717, 1.165) is 12.1 Å². The van der Waals surface area contributed by atoms with Crippen molar-refractivity contribution in [1.82, 2.24) is 19.9 Å². The van der Waals surface area contributed by atoms with Gasteiger partial charge in [-0.1, -0.05) is 0 Å². The van der Waals surface area contributed by atoms with Crippen LogP contribution in [0.5, 0.6) is 12.0 Å². The van der Waals surface area contributed by atoms with Gasteiger partial charge in [0.15, 0.2) is 0 Å². The maximum atomic E-state index is 5.55. The number of aromatic nitrogens is 4. The maximum Gasteiger partial charge on any atom is 0.324 e. The van der Waals surface area contributed by atoms with E-state index < -0.39 is 0 Å². The topological polar surface area (TPSA) is 96.0 Å². The molecule has 2 aromatic heterocycles. The smallest absolute Gasteiger partial charge is 0.324 e. The van der Waals surface area contributed by atoms with Crippen LogP contribution in [0.25, 0.3) is 0 Å². The van der Waals surface area contributed by atoms with Crippen LogP contribution in [0.3, 0.4) is 0 Å². The van der Waals surface area contributed by atoms with Crippen molar-refractivity contribution in [2.75, 3.05) is 18.9 Å². The lowest BCUT2D eigenvalue weighted by Crippen LogP contribution is -2.08. The van der Waals surface area contributed by atoms with Crippen molar-refractivity contribution < 1.29 is 9.47 Å². The van der Waals surface area contributed by atoms with Gasteiger partial charge in [0.1, 0.15) is 0 Å². The Morgan fingerprint density at radius 2 is 1.95 bits per heavy atom. The van der Waals surface area contributed by atoms with Crippen LogP contribution in [-0.2, 0) is 6.42 Å². The Balaban J connectivity index is 1.94. The molecule has 0 aliphatic rings. The number of hydrogen-bond donors (Lipinski definition) is 1. The zero-order valence-electron chi connectivity index (χ0n) is 10.8. The van der Waals surface area contributed by atoms with Crippen LogP contribution in [0.1, 0.15) is 17.5 Å². The fourth-order valence-electron chi connectivity index (χ4n) is 1.41. The summed E-state index contributed by atoms with van der Waals surface area (Å²) in [6.45, 7) is 4.73. The number of ether oxygens (including phenoxy) is 2. The van der Waals surface area contributed by atoms with Gasteiger partial charge in [0.2, 0.25) is 5.95 Å². The first-order valence-electron chi connectivity index (χ1n) is 5.85. The zero-order valence-corrected chi connectivity index (χ0v) is 11.6. The van der Waals surface area contributed by atoms with Crippen molar-refractivity contribution >= 4 is 17.3 Å². The van der Waals surface area contributed by atoms with E-state index >= 15 is 0 Å². The summed E-state index contributed by atoms with van der Waals surface area (Å²) in [6.07, 6.45) is 0.756. The lowest BCUT2D eigenvalue weighted by molar-refractivity contribution is 0.272. The van der Waals surface area contributed by atoms with E-state index in [9.17, 15) is 0 Å². The number of hydrogen-bond acceptors (Lipinski definition) is 8. The molecule has 0 radical (unpaired) electrons. The van der Waals surface area contributed by atoms with E-state index in [0.29, 0.717) is 13.2 Å². The van der Waals surface area contributed by atoms with Crippen molar-refractivity contribution in [3.05, 3.63) is 16.1 Å². The van der Waals surface area contributed by atoms with Crippen LogP contribution >= 0.6 is 11.3 Å². The number of thiazole rings is 1. The molecule has 0 aliphatic carbocycles. The quantitative estimate of drug-likeness (QED) is 0.850. The van der Waals surface area contributed by atoms with Gasteiger partial charge >= 0.3 is 12.0 Å². The van der Waals surface area contributed by atoms with Crippen LogP contribution in [0, 0.1) is 6.92 Å². The average Bonchev–Trinajstić information content (AvgIpc) is 2.75. The van der Waals surface area contributed by atoms with Crippen LogP contribution in [0.2, 0.25) is 0 Å². The van der Waals surface area contributed by atoms with Gasteiger partial charge in [-0.15, -0.1) is 16.3 Å². The second-order valence-electron chi connectivity index (χ2n) is 3.65. The van der Waals surface area contributed by atoms with Gasteiger partial charge in [-0.2, -0.15) is 9.97 Å². The highest BCUT2D eigenvalue weighted by Gasteiger charge is 2.07. The van der Waals surface area contributed by atoms with Crippen LogP contribution in [0.4, 0.5) is 5.95 Å². The Morgan fingerprint density at radius 1 is 1.21 bits per heavy atom. The van der Waals surface area contributed by atoms with E-state index in [1.807, 2.05) is 19.4 Å². The summed E-state index contributed by atoms with van der Waals surface area (Å²) in [5.74, 6) is 0.0856. The predicted molar refractivity (Wildman–Crippen MR) is 71.5 cm³/mol. The van der Waals surface area contributed by atoms with Gasteiger partial charge < -0.3 is 15.2 Å². The SMILES string of the molecule is CCOc1nc(N)nc(OCCc2scnc2C)n1. The maximum absolute atomic E-state index is 5.55. The van der Waals surface area contributed by atoms with Gasteiger partial charge in [-0.25, -0.2) is 4.98 Å². The van der Waals surface area contributed by atoms with Gasteiger partial charge in [0, 0.05) is 11.3 Å². The molecule has 0 fully saturated rings. The number of anilines is 1. The molecule has 0 spiro atoms. The highest BCUT2D eigenvalue weighted by Crippen LogP contribution is 2.14. The minimum Gasteiger partial charge on any atom is -0.464 e. The van der Waals surface area contributed by atoms with E-state index in [1.165, 1.54) is 4.88 Å². The van der Waals surface area contributed by atoms with Crippen LogP contribution in [-0.4, -0.2) is 33.1 Å². The van der Waals surface area contributed by atoms with Crippen LogP contribution < -0.4 is 15.2 Å². The summed E-state index contributed by atoms with van der Waals surface area (Å²) in [4.78, 5) is 17.1. The third-order valence-electron chi connectivity index (χ3n) is 2.29. The standard InChI is InChI=1S/C11H15N5O2S/c1-3-17-10-14-9(12)15-11(16-10)18-5-4-8-7(2)13-6-19-8/h6H,3-5H2,1-2H3,(H2,12,14,15,16). The summed E-state index contributed by atoms with van der Waals surface area (Å²) in [7, 11) is 0. The molecule has 8 heteroatoms. The van der Waals surface area contributed by atoms with Crippen molar-refractivity contribution in [3.8, 4) is 12.0 Å². The highest BCUT2D eigenvalue weighted by atomic mass is 32.1. The lowest BCUT2D eigenvalue weighted by Gasteiger charge is -2.06. The van der Waals surface area contributed by atoms with Crippen molar-refractivity contribution in [1.29, 1.82) is 0 Å². The minimum absolute atomic E-state index is 0.0856. The summed E-state index contributed by atoms with van der Waals surface area (Å²) in [6, 6.07) is 0.358. The molecule has 7 nitrogen and oxygen atoms in total. The van der Waals surface area contributed by atoms with E-state index in [1.54, 1.807) is 11.3 Å². The molecule has 2 heterocycles. The molecule has 0 amide bonds. The number of nitrogens with two attached hydrogens (primary N) is 1. The van der Waals surface area contributed by atoms with E-state index in [-0.39, 0.29) is 18.0 Å². The second kappa shape index (κ2) is 6.28. The minimum atomic E-state index is 0.0856. The van der Waals surface area contributed by atoms with E-state index in [4.69, 9.17) is 15.2 Å². The molecule has 0 atom stereocenters. The fraction of sp³-hybridized carbons (Fsp3) is 0.455. The third kappa shape index (κ3) is 3.75. The molecule has 2 rings (SSSR count). The number of nitrogens with zero attached hydrogens (tertiary/aromatic N) is 4. The molecule has 0 bridgehead atoms. The van der Waals surface area contributed by atoms with Crippen LogP contribution in [0.15, 0.2) is 5.51 Å².